The molecule has 17 heavy (non-hydrogen) atoms. The van der Waals surface area contributed by atoms with E-state index in [0.717, 1.165) is 17.8 Å². The third kappa shape index (κ3) is 4.59. The van der Waals surface area contributed by atoms with Crippen LogP contribution in [0, 0.1) is 0 Å². The van der Waals surface area contributed by atoms with Gasteiger partial charge in [0.2, 0.25) is 0 Å². The van der Waals surface area contributed by atoms with Gasteiger partial charge in [0.05, 0.1) is 0 Å². The van der Waals surface area contributed by atoms with E-state index < -0.39 is 0 Å². The minimum absolute atomic E-state index is 0.231. The second-order valence-corrected chi connectivity index (χ2v) is 3.85. The van der Waals surface area contributed by atoms with Crippen LogP contribution in [-0.4, -0.2) is 20.1 Å². The molecule has 2 amide bonds. The molecule has 0 heterocycles. The van der Waals surface area contributed by atoms with Crippen LogP contribution in [0.1, 0.15) is 13.3 Å². The molecular formula is C13H19N3O. The molecule has 0 aromatic heterocycles. The summed E-state index contributed by atoms with van der Waals surface area (Å²) in [7, 11) is 3.92. The van der Waals surface area contributed by atoms with Gasteiger partial charge in [-0.25, -0.2) is 4.79 Å². The lowest BCUT2D eigenvalue weighted by Gasteiger charge is -2.13. The second kappa shape index (κ2) is 6.58. The van der Waals surface area contributed by atoms with Gasteiger partial charge in [-0.05, 0) is 24.6 Å². The average Bonchev–Trinajstić information content (AvgIpc) is 2.29. The third-order valence-electron chi connectivity index (χ3n) is 2.19. The third-order valence-corrected chi connectivity index (χ3v) is 2.19. The normalized spacial score (nSPS) is 10.3. The zero-order valence-electron chi connectivity index (χ0n) is 10.5. The highest BCUT2D eigenvalue weighted by molar-refractivity contribution is 5.90. The first-order valence-corrected chi connectivity index (χ1v) is 5.63. The van der Waals surface area contributed by atoms with Crippen molar-refractivity contribution in [1.29, 1.82) is 0 Å². The summed E-state index contributed by atoms with van der Waals surface area (Å²) >= 11 is 0. The summed E-state index contributed by atoms with van der Waals surface area (Å²) in [5.74, 6) is 0. The van der Waals surface area contributed by atoms with E-state index in [1.54, 1.807) is 6.20 Å². The zero-order valence-corrected chi connectivity index (χ0v) is 10.5. The summed E-state index contributed by atoms with van der Waals surface area (Å²) in [5.41, 5.74) is 1.82. The van der Waals surface area contributed by atoms with Crippen molar-refractivity contribution in [1.82, 2.24) is 5.32 Å². The van der Waals surface area contributed by atoms with Crippen molar-refractivity contribution in [2.24, 2.45) is 0 Å². The fraction of sp³-hybridized carbons (Fsp3) is 0.308. The van der Waals surface area contributed by atoms with E-state index in [2.05, 4.69) is 10.6 Å². The molecule has 1 aromatic carbocycles. The Bertz CT molecular complexity index is 399. The van der Waals surface area contributed by atoms with Crippen molar-refractivity contribution >= 4 is 17.4 Å². The number of nitrogens with one attached hydrogen (secondary N) is 2. The lowest BCUT2D eigenvalue weighted by atomic mass is 10.2. The molecule has 0 bridgehead atoms. The summed E-state index contributed by atoms with van der Waals surface area (Å²) < 4.78 is 0. The van der Waals surface area contributed by atoms with Crippen LogP contribution in [0.3, 0.4) is 0 Å². The number of urea groups is 1. The number of carbonyl (C=O) groups excluding carboxylic acids is 1. The molecule has 2 N–H and O–H groups in total. The van der Waals surface area contributed by atoms with Crippen LogP contribution in [0.5, 0.6) is 0 Å². The molecule has 0 saturated carbocycles. The molecule has 0 saturated heterocycles. The van der Waals surface area contributed by atoms with Gasteiger partial charge >= 0.3 is 6.03 Å². The Labute approximate surface area is 102 Å². The highest BCUT2D eigenvalue weighted by atomic mass is 16.2. The van der Waals surface area contributed by atoms with Gasteiger partial charge in [0.1, 0.15) is 0 Å². The summed E-state index contributed by atoms with van der Waals surface area (Å²) in [4.78, 5) is 13.5. The van der Waals surface area contributed by atoms with Crippen molar-refractivity contribution < 1.29 is 4.79 Å². The molecule has 4 nitrogen and oxygen atoms in total. The van der Waals surface area contributed by atoms with E-state index >= 15 is 0 Å². The van der Waals surface area contributed by atoms with Crippen LogP contribution in [0.15, 0.2) is 36.5 Å². The Balaban J connectivity index is 2.59. The molecule has 92 valence electrons. The van der Waals surface area contributed by atoms with Gasteiger partial charge in [-0.1, -0.05) is 19.1 Å². The first-order valence-electron chi connectivity index (χ1n) is 5.63. The fourth-order valence-electron chi connectivity index (χ4n) is 1.28. The Morgan fingerprint density at radius 3 is 2.82 bits per heavy atom. The van der Waals surface area contributed by atoms with E-state index in [4.69, 9.17) is 0 Å². The summed E-state index contributed by atoms with van der Waals surface area (Å²) in [6.45, 7) is 2.01. The van der Waals surface area contributed by atoms with E-state index in [9.17, 15) is 4.79 Å². The van der Waals surface area contributed by atoms with Gasteiger partial charge in [0.15, 0.2) is 0 Å². The highest BCUT2D eigenvalue weighted by Gasteiger charge is 2.01. The minimum atomic E-state index is -0.231. The first kappa shape index (κ1) is 13.1. The first-order chi connectivity index (χ1) is 8.13. The van der Waals surface area contributed by atoms with Gasteiger partial charge < -0.3 is 15.5 Å². The van der Waals surface area contributed by atoms with Gasteiger partial charge in [0.25, 0.3) is 0 Å². The maximum absolute atomic E-state index is 11.5. The summed E-state index contributed by atoms with van der Waals surface area (Å²) in [6, 6.07) is 7.44. The van der Waals surface area contributed by atoms with Gasteiger partial charge in [-0.2, -0.15) is 0 Å². The number of allylic oxidation sites excluding steroid dienone is 1. The number of hydrogen-bond acceptors (Lipinski definition) is 2. The molecule has 0 aliphatic heterocycles. The van der Waals surface area contributed by atoms with Crippen LogP contribution >= 0.6 is 0 Å². The second-order valence-electron chi connectivity index (χ2n) is 3.85. The number of hydrogen-bond donors (Lipinski definition) is 2. The zero-order chi connectivity index (χ0) is 12.7. The van der Waals surface area contributed by atoms with Gasteiger partial charge in [-0.3, -0.25) is 0 Å². The SMILES string of the molecule is CC/C=C/NC(=O)Nc1cccc(N(C)C)c1. The number of benzene rings is 1. The topological polar surface area (TPSA) is 44.4 Å². The van der Waals surface area contributed by atoms with Crippen molar-refractivity contribution in [3.05, 3.63) is 36.5 Å². The van der Waals surface area contributed by atoms with E-state index in [-0.39, 0.29) is 6.03 Å². The Hall–Kier alpha value is -1.97. The van der Waals surface area contributed by atoms with Crippen LogP contribution in [0.2, 0.25) is 0 Å². The molecule has 0 fully saturated rings. The largest absolute Gasteiger partial charge is 0.378 e. The standard InChI is InChI=1S/C13H19N3O/c1-4-5-9-14-13(17)15-11-7-6-8-12(10-11)16(2)3/h5-10H,4H2,1-3H3,(H2,14,15,17)/b9-5+. The summed E-state index contributed by atoms with van der Waals surface area (Å²) in [5, 5.41) is 5.40. The van der Waals surface area contributed by atoms with Crippen molar-refractivity contribution in [3.63, 3.8) is 0 Å². The number of nitrogens with zero attached hydrogens (tertiary/aromatic N) is 1. The molecule has 1 aromatic rings. The monoisotopic (exact) mass is 233 g/mol. The quantitative estimate of drug-likeness (QED) is 0.840. The fourth-order valence-corrected chi connectivity index (χ4v) is 1.28. The molecule has 0 spiro atoms. The van der Waals surface area contributed by atoms with Gasteiger partial charge in [-0.15, -0.1) is 0 Å². The van der Waals surface area contributed by atoms with Crippen LogP contribution in [0.25, 0.3) is 0 Å². The molecule has 0 aliphatic carbocycles. The van der Waals surface area contributed by atoms with Crippen molar-refractivity contribution in [3.8, 4) is 0 Å². The Morgan fingerprint density at radius 1 is 1.41 bits per heavy atom. The maximum atomic E-state index is 11.5. The Morgan fingerprint density at radius 2 is 2.18 bits per heavy atom. The van der Waals surface area contributed by atoms with E-state index in [1.807, 2.05) is 56.3 Å². The van der Waals surface area contributed by atoms with E-state index in [1.165, 1.54) is 0 Å². The molecule has 0 unspecified atom stereocenters. The van der Waals surface area contributed by atoms with Crippen molar-refractivity contribution in [2.75, 3.05) is 24.3 Å². The van der Waals surface area contributed by atoms with Gasteiger partial charge in [0, 0.05) is 31.7 Å². The number of amides is 2. The number of carbonyl (C=O) groups is 1. The average molecular weight is 233 g/mol. The van der Waals surface area contributed by atoms with Crippen LogP contribution < -0.4 is 15.5 Å². The molecule has 4 heteroatoms. The molecule has 0 radical (unpaired) electrons. The number of rotatable bonds is 4. The molecule has 1 rings (SSSR count). The number of anilines is 2. The lowest BCUT2D eigenvalue weighted by Crippen LogP contribution is -2.23. The van der Waals surface area contributed by atoms with Crippen molar-refractivity contribution in [2.45, 2.75) is 13.3 Å². The van der Waals surface area contributed by atoms with Crippen LogP contribution in [0.4, 0.5) is 16.2 Å². The molecular weight excluding hydrogens is 214 g/mol. The predicted octanol–water partition coefficient (Wildman–Crippen LogP) is 2.80. The van der Waals surface area contributed by atoms with E-state index in [0.29, 0.717) is 0 Å². The maximum Gasteiger partial charge on any atom is 0.323 e. The molecule has 0 aliphatic rings. The predicted molar refractivity (Wildman–Crippen MR) is 72.4 cm³/mol. The minimum Gasteiger partial charge on any atom is -0.378 e. The smallest absolute Gasteiger partial charge is 0.323 e. The lowest BCUT2D eigenvalue weighted by molar-refractivity contribution is 0.255. The highest BCUT2D eigenvalue weighted by Crippen LogP contribution is 2.16. The Kier molecular flexibility index (Phi) is 5.07. The van der Waals surface area contributed by atoms with Crippen LogP contribution in [-0.2, 0) is 0 Å². The summed E-state index contributed by atoms with van der Waals surface area (Å²) in [6.07, 6.45) is 4.43. The molecule has 0 atom stereocenters.